The van der Waals surface area contributed by atoms with Crippen molar-refractivity contribution in [2.45, 2.75) is 39.7 Å². The molecule has 0 fully saturated rings. The Hall–Kier alpha value is -2.47. The van der Waals surface area contributed by atoms with Crippen LogP contribution >= 0.6 is 0 Å². The maximum atomic E-state index is 12.4. The van der Waals surface area contributed by atoms with Crippen LogP contribution in [0.1, 0.15) is 48.5 Å². The fraction of sp³-hybridized carbons (Fsp3) is 0.389. The van der Waals surface area contributed by atoms with Gasteiger partial charge in [0.1, 0.15) is 11.2 Å². The summed E-state index contributed by atoms with van der Waals surface area (Å²) in [5.74, 6) is 0.317. The third-order valence-corrected chi connectivity index (χ3v) is 4.37. The van der Waals surface area contributed by atoms with Crippen molar-refractivity contribution in [2.24, 2.45) is 0 Å². The first-order chi connectivity index (χ1) is 11.4. The van der Waals surface area contributed by atoms with Crippen LogP contribution in [-0.2, 0) is 0 Å². The van der Waals surface area contributed by atoms with Crippen LogP contribution in [0.15, 0.2) is 29.1 Å². The van der Waals surface area contributed by atoms with Crippen molar-refractivity contribution >= 4 is 11.0 Å². The average Bonchev–Trinajstić information content (AvgIpc) is 2.93. The lowest BCUT2D eigenvalue weighted by Gasteiger charge is -2.14. The number of fused-ring (bicyclic) bond motifs is 1. The molecule has 1 aromatic carbocycles. The highest BCUT2D eigenvalue weighted by Crippen LogP contribution is 2.26. The normalized spacial score (nSPS) is 14.0. The molecule has 2 atom stereocenters. The van der Waals surface area contributed by atoms with Gasteiger partial charge in [-0.1, -0.05) is 36.8 Å². The summed E-state index contributed by atoms with van der Waals surface area (Å²) >= 11 is 0. The van der Waals surface area contributed by atoms with E-state index in [1.54, 1.807) is 11.6 Å². The van der Waals surface area contributed by atoms with E-state index in [2.05, 4.69) is 39.3 Å². The van der Waals surface area contributed by atoms with Gasteiger partial charge in [-0.2, -0.15) is 5.10 Å². The number of aromatic amines is 1. The van der Waals surface area contributed by atoms with E-state index in [-0.39, 0.29) is 24.1 Å². The maximum absolute atomic E-state index is 12.4. The second-order valence-corrected chi connectivity index (χ2v) is 6.35. The smallest absolute Gasteiger partial charge is 0.262 e. The number of aryl methyl sites for hydroxylation is 2. The Morgan fingerprint density at radius 2 is 1.88 bits per heavy atom. The molecule has 0 amide bonds. The van der Waals surface area contributed by atoms with E-state index >= 15 is 0 Å². The minimum absolute atomic E-state index is 0.0681. The van der Waals surface area contributed by atoms with Gasteiger partial charge in [0.15, 0.2) is 5.65 Å². The highest BCUT2D eigenvalue weighted by molar-refractivity contribution is 5.78. The third kappa shape index (κ3) is 2.73. The lowest BCUT2D eigenvalue weighted by Crippen LogP contribution is -2.13. The molecule has 1 unspecified atom stereocenters. The number of nitrogens with zero attached hydrogens (tertiary/aromatic N) is 3. The Labute approximate surface area is 140 Å². The standard InChI is InChI=1S/C18H22N4O2/c1-10-5-7-14(8-6-10)12(3)22-17-15(16(21-22)11(2)9-23)18(24)20-13(4)19-17/h5-8,11-12,23H,9H2,1-4H3,(H,19,20,24)/t11?,12-/m0/s1. The topological polar surface area (TPSA) is 83.8 Å². The molecule has 2 N–H and O–H groups in total. The number of benzene rings is 1. The van der Waals surface area contributed by atoms with Crippen molar-refractivity contribution in [3.05, 3.63) is 57.3 Å². The van der Waals surface area contributed by atoms with Crippen molar-refractivity contribution in [3.63, 3.8) is 0 Å². The van der Waals surface area contributed by atoms with Gasteiger partial charge in [-0.3, -0.25) is 4.79 Å². The van der Waals surface area contributed by atoms with Crippen LogP contribution in [0.3, 0.4) is 0 Å². The number of aliphatic hydroxyl groups is 1. The summed E-state index contributed by atoms with van der Waals surface area (Å²) in [5.41, 5.74) is 3.21. The zero-order chi connectivity index (χ0) is 17.4. The van der Waals surface area contributed by atoms with E-state index in [0.717, 1.165) is 5.56 Å². The van der Waals surface area contributed by atoms with E-state index in [0.29, 0.717) is 22.6 Å². The Morgan fingerprint density at radius 1 is 1.21 bits per heavy atom. The molecular weight excluding hydrogens is 304 g/mol. The number of aliphatic hydroxyl groups excluding tert-OH is 1. The van der Waals surface area contributed by atoms with E-state index < -0.39 is 0 Å². The molecule has 0 aliphatic rings. The molecule has 0 spiro atoms. The van der Waals surface area contributed by atoms with Crippen LogP contribution in [0.2, 0.25) is 0 Å². The second kappa shape index (κ2) is 6.20. The summed E-state index contributed by atoms with van der Waals surface area (Å²) in [6, 6.07) is 8.16. The molecule has 0 saturated heterocycles. The summed E-state index contributed by atoms with van der Waals surface area (Å²) < 4.78 is 1.78. The molecule has 24 heavy (non-hydrogen) atoms. The summed E-state index contributed by atoms with van der Waals surface area (Å²) in [4.78, 5) is 19.7. The zero-order valence-electron chi connectivity index (χ0n) is 14.4. The quantitative estimate of drug-likeness (QED) is 0.771. The first-order valence-electron chi connectivity index (χ1n) is 8.08. The largest absolute Gasteiger partial charge is 0.396 e. The van der Waals surface area contributed by atoms with E-state index in [9.17, 15) is 9.90 Å². The molecule has 0 aliphatic carbocycles. The summed E-state index contributed by atoms with van der Waals surface area (Å²) in [6.45, 7) is 7.61. The Balaban J connectivity index is 2.24. The lowest BCUT2D eigenvalue weighted by molar-refractivity contribution is 0.270. The zero-order valence-corrected chi connectivity index (χ0v) is 14.4. The van der Waals surface area contributed by atoms with Crippen molar-refractivity contribution < 1.29 is 5.11 Å². The average molecular weight is 326 g/mol. The second-order valence-electron chi connectivity index (χ2n) is 6.35. The van der Waals surface area contributed by atoms with E-state index in [4.69, 9.17) is 0 Å². The number of aromatic nitrogens is 4. The van der Waals surface area contributed by atoms with Gasteiger partial charge < -0.3 is 10.1 Å². The monoisotopic (exact) mass is 326 g/mol. The maximum Gasteiger partial charge on any atom is 0.262 e. The first kappa shape index (κ1) is 16.4. The molecule has 3 aromatic rings. The highest BCUT2D eigenvalue weighted by Gasteiger charge is 2.23. The van der Waals surface area contributed by atoms with Crippen LogP contribution in [0, 0.1) is 13.8 Å². The van der Waals surface area contributed by atoms with Crippen LogP contribution < -0.4 is 5.56 Å². The minimum atomic E-state index is -0.232. The number of hydrogen-bond acceptors (Lipinski definition) is 4. The van der Waals surface area contributed by atoms with Gasteiger partial charge in [0, 0.05) is 5.92 Å². The molecule has 3 rings (SSSR count). The van der Waals surface area contributed by atoms with Gasteiger partial charge in [0.2, 0.25) is 0 Å². The Kier molecular flexibility index (Phi) is 4.24. The molecule has 0 radical (unpaired) electrons. The van der Waals surface area contributed by atoms with Crippen LogP contribution in [-0.4, -0.2) is 31.5 Å². The van der Waals surface area contributed by atoms with Crippen molar-refractivity contribution in [1.29, 1.82) is 0 Å². The highest BCUT2D eigenvalue weighted by atomic mass is 16.3. The summed E-state index contributed by atoms with van der Waals surface area (Å²) in [5, 5.41) is 14.6. The molecule has 0 aliphatic heterocycles. The van der Waals surface area contributed by atoms with Crippen LogP contribution in [0.25, 0.3) is 11.0 Å². The molecule has 0 saturated carbocycles. The predicted octanol–water partition coefficient (Wildman–Crippen LogP) is 2.44. The van der Waals surface area contributed by atoms with Crippen molar-refractivity contribution in [2.75, 3.05) is 6.61 Å². The number of hydrogen-bond donors (Lipinski definition) is 2. The van der Waals surface area contributed by atoms with Crippen molar-refractivity contribution in [3.8, 4) is 0 Å². The number of rotatable bonds is 4. The molecular formula is C18H22N4O2. The fourth-order valence-corrected chi connectivity index (χ4v) is 2.87. The SMILES string of the molecule is Cc1ccc([C@H](C)n2nc(C(C)CO)c3c(=O)[nH]c(C)nc32)cc1. The van der Waals surface area contributed by atoms with Gasteiger partial charge in [0.25, 0.3) is 5.56 Å². The first-order valence-corrected chi connectivity index (χ1v) is 8.08. The molecule has 2 aromatic heterocycles. The van der Waals surface area contributed by atoms with E-state index in [1.807, 2.05) is 20.8 Å². The molecule has 2 heterocycles. The van der Waals surface area contributed by atoms with Gasteiger partial charge in [-0.25, -0.2) is 9.67 Å². The molecule has 126 valence electrons. The summed E-state index contributed by atoms with van der Waals surface area (Å²) in [7, 11) is 0. The lowest BCUT2D eigenvalue weighted by atomic mass is 10.1. The molecule has 6 heteroatoms. The van der Waals surface area contributed by atoms with Crippen LogP contribution in [0.4, 0.5) is 0 Å². The minimum Gasteiger partial charge on any atom is -0.396 e. The Morgan fingerprint density at radius 3 is 2.50 bits per heavy atom. The van der Waals surface area contributed by atoms with Crippen LogP contribution in [0.5, 0.6) is 0 Å². The fourth-order valence-electron chi connectivity index (χ4n) is 2.87. The van der Waals surface area contributed by atoms with Gasteiger partial charge in [-0.15, -0.1) is 0 Å². The number of H-pyrrole nitrogens is 1. The number of nitrogens with one attached hydrogen (secondary N) is 1. The molecule has 6 nitrogen and oxygen atoms in total. The van der Waals surface area contributed by atoms with Gasteiger partial charge >= 0.3 is 0 Å². The van der Waals surface area contributed by atoms with Crippen molar-refractivity contribution in [1.82, 2.24) is 19.7 Å². The molecule has 0 bridgehead atoms. The Bertz CT molecular complexity index is 925. The van der Waals surface area contributed by atoms with Gasteiger partial charge in [-0.05, 0) is 26.3 Å². The summed E-state index contributed by atoms with van der Waals surface area (Å²) in [6.07, 6.45) is 0. The predicted molar refractivity (Wildman–Crippen MR) is 93.4 cm³/mol. The van der Waals surface area contributed by atoms with E-state index in [1.165, 1.54) is 5.56 Å². The third-order valence-electron chi connectivity index (χ3n) is 4.37. The van der Waals surface area contributed by atoms with Gasteiger partial charge in [0.05, 0.1) is 18.3 Å².